The minimum Gasteiger partial charge on any atom is -0.493 e. The summed E-state index contributed by atoms with van der Waals surface area (Å²) in [7, 11) is 1.69. The fourth-order valence-corrected chi connectivity index (χ4v) is 2.69. The van der Waals surface area contributed by atoms with Gasteiger partial charge >= 0.3 is 0 Å². The quantitative estimate of drug-likeness (QED) is 0.682. The molecule has 2 aromatic rings. The molecular formula is C23H33NO2. The van der Waals surface area contributed by atoms with Gasteiger partial charge in [0, 0.05) is 13.1 Å². The third-order valence-electron chi connectivity index (χ3n) is 4.61. The van der Waals surface area contributed by atoms with Crippen molar-refractivity contribution in [2.24, 2.45) is 0 Å². The van der Waals surface area contributed by atoms with Crippen LogP contribution in [0, 0.1) is 0 Å². The van der Waals surface area contributed by atoms with Crippen LogP contribution in [0.1, 0.15) is 57.7 Å². The van der Waals surface area contributed by atoms with Crippen molar-refractivity contribution in [3.63, 3.8) is 0 Å². The average molecular weight is 356 g/mol. The fraction of sp³-hybridized carbons (Fsp3) is 0.478. The Morgan fingerprint density at radius 2 is 1.54 bits per heavy atom. The Morgan fingerprint density at radius 1 is 0.923 bits per heavy atom. The Morgan fingerprint density at radius 3 is 2.12 bits per heavy atom. The van der Waals surface area contributed by atoms with Crippen LogP contribution in [0.15, 0.2) is 42.5 Å². The van der Waals surface area contributed by atoms with Crippen molar-refractivity contribution in [3.05, 3.63) is 59.2 Å². The van der Waals surface area contributed by atoms with Crippen LogP contribution in [-0.4, -0.2) is 13.2 Å². The number of rotatable bonds is 8. The monoisotopic (exact) mass is 355 g/mol. The third kappa shape index (κ3) is 5.77. The summed E-state index contributed by atoms with van der Waals surface area (Å²) >= 11 is 0. The minimum atomic E-state index is 0.184. The van der Waals surface area contributed by atoms with Gasteiger partial charge < -0.3 is 14.8 Å². The highest BCUT2D eigenvalue weighted by Crippen LogP contribution is 2.29. The van der Waals surface area contributed by atoms with Crippen LogP contribution in [0.5, 0.6) is 11.5 Å². The normalized spacial score (nSPS) is 12.7. The summed E-state index contributed by atoms with van der Waals surface area (Å²) in [6, 6.07) is 15.0. The standard InChI is InChI=1S/C23H33NO2/c1-7-17(2)26-21-13-10-19(14-22(21)25-6)16-24-15-18-8-11-20(12-9-18)23(3,4)5/h8-14,17,24H,7,15-16H2,1-6H3. The minimum absolute atomic E-state index is 0.184. The van der Waals surface area contributed by atoms with Crippen LogP contribution in [0.25, 0.3) is 0 Å². The molecule has 0 amide bonds. The maximum Gasteiger partial charge on any atom is 0.161 e. The van der Waals surface area contributed by atoms with Gasteiger partial charge in [-0.3, -0.25) is 0 Å². The SMILES string of the molecule is CCC(C)Oc1ccc(CNCc2ccc(C(C)(C)C)cc2)cc1OC. The number of nitrogens with one attached hydrogen (secondary N) is 1. The molecule has 3 nitrogen and oxygen atoms in total. The van der Waals surface area contributed by atoms with Crippen molar-refractivity contribution < 1.29 is 9.47 Å². The first-order valence-electron chi connectivity index (χ1n) is 9.47. The van der Waals surface area contributed by atoms with E-state index in [2.05, 4.69) is 70.3 Å². The second kappa shape index (κ2) is 9.09. The molecule has 0 aliphatic heterocycles. The third-order valence-corrected chi connectivity index (χ3v) is 4.61. The number of hydrogen-bond donors (Lipinski definition) is 1. The summed E-state index contributed by atoms with van der Waals surface area (Å²) in [6.45, 7) is 12.5. The Kier molecular flexibility index (Phi) is 7.10. The van der Waals surface area contributed by atoms with Gasteiger partial charge in [-0.2, -0.15) is 0 Å². The molecule has 1 atom stereocenters. The van der Waals surface area contributed by atoms with Gasteiger partial charge in [-0.25, -0.2) is 0 Å². The smallest absolute Gasteiger partial charge is 0.161 e. The van der Waals surface area contributed by atoms with E-state index in [4.69, 9.17) is 9.47 Å². The highest BCUT2D eigenvalue weighted by molar-refractivity contribution is 5.43. The van der Waals surface area contributed by atoms with Crippen LogP contribution in [0.3, 0.4) is 0 Å². The molecule has 0 aliphatic carbocycles. The summed E-state index contributed by atoms with van der Waals surface area (Å²) in [5.74, 6) is 1.60. The van der Waals surface area contributed by atoms with E-state index < -0.39 is 0 Å². The van der Waals surface area contributed by atoms with Gasteiger partial charge in [0.15, 0.2) is 11.5 Å². The molecule has 0 aromatic heterocycles. The van der Waals surface area contributed by atoms with Crippen molar-refractivity contribution in [2.45, 2.75) is 65.6 Å². The van der Waals surface area contributed by atoms with Gasteiger partial charge in [-0.15, -0.1) is 0 Å². The number of methoxy groups -OCH3 is 1. The molecule has 1 N–H and O–H groups in total. The van der Waals surface area contributed by atoms with E-state index in [1.807, 2.05) is 12.1 Å². The van der Waals surface area contributed by atoms with Crippen molar-refractivity contribution in [1.29, 1.82) is 0 Å². The maximum atomic E-state index is 5.91. The van der Waals surface area contributed by atoms with E-state index in [0.29, 0.717) is 0 Å². The lowest BCUT2D eigenvalue weighted by Crippen LogP contribution is -2.14. The summed E-state index contributed by atoms with van der Waals surface area (Å²) in [6.07, 6.45) is 1.16. The van der Waals surface area contributed by atoms with E-state index in [1.54, 1.807) is 7.11 Å². The van der Waals surface area contributed by atoms with E-state index in [1.165, 1.54) is 16.7 Å². The number of hydrogen-bond acceptors (Lipinski definition) is 3. The molecule has 0 fully saturated rings. The first-order valence-corrected chi connectivity index (χ1v) is 9.47. The second-order valence-corrected chi connectivity index (χ2v) is 7.87. The van der Waals surface area contributed by atoms with Crippen LogP contribution in [0.2, 0.25) is 0 Å². The Bertz CT molecular complexity index is 686. The molecule has 26 heavy (non-hydrogen) atoms. The highest BCUT2D eigenvalue weighted by atomic mass is 16.5. The maximum absolute atomic E-state index is 5.91. The molecule has 0 saturated carbocycles. The molecule has 3 heteroatoms. The van der Waals surface area contributed by atoms with Gasteiger partial charge in [-0.1, -0.05) is 58.0 Å². The number of ether oxygens (including phenoxy) is 2. The zero-order valence-corrected chi connectivity index (χ0v) is 17.1. The number of benzene rings is 2. The van der Waals surface area contributed by atoms with Gasteiger partial charge in [-0.05, 0) is 47.6 Å². The Hall–Kier alpha value is -2.00. The predicted octanol–water partition coefficient (Wildman–Crippen LogP) is 5.46. The molecule has 0 saturated heterocycles. The largest absolute Gasteiger partial charge is 0.493 e. The van der Waals surface area contributed by atoms with Crippen LogP contribution < -0.4 is 14.8 Å². The zero-order valence-electron chi connectivity index (χ0n) is 17.1. The van der Waals surface area contributed by atoms with Crippen molar-refractivity contribution >= 4 is 0 Å². The van der Waals surface area contributed by atoms with E-state index in [9.17, 15) is 0 Å². The molecule has 2 aromatic carbocycles. The lowest BCUT2D eigenvalue weighted by atomic mass is 9.87. The molecule has 0 radical (unpaired) electrons. The summed E-state index contributed by atoms with van der Waals surface area (Å²) in [5.41, 5.74) is 4.04. The van der Waals surface area contributed by atoms with Crippen molar-refractivity contribution in [3.8, 4) is 11.5 Å². The lowest BCUT2D eigenvalue weighted by Gasteiger charge is -2.19. The fourth-order valence-electron chi connectivity index (χ4n) is 2.69. The zero-order chi connectivity index (χ0) is 19.2. The van der Waals surface area contributed by atoms with Crippen LogP contribution in [-0.2, 0) is 18.5 Å². The van der Waals surface area contributed by atoms with Crippen LogP contribution >= 0.6 is 0 Å². The average Bonchev–Trinajstić information content (AvgIpc) is 2.62. The summed E-state index contributed by atoms with van der Waals surface area (Å²) in [5, 5.41) is 3.50. The van der Waals surface area contributed by atoms with Gasteiger partial charge in [0.25, 0.3) is 0 Å². The Balaban J connectivity index is 1.93. The molecule has 142 valence electrons. The van der Waals surface area contributed by atoms with Gasteiger partial charge in [0.2, 0.25) is 0 Å². The molecule has 1 unspecified atom stereocenters. The van der Waals surface area contributed by atoms with Crippen molar-refractivity contribution in [1.82, 2.24) is 5.32 Å². The first-order chi connectivity index (χ1) is 12.3. The van der Waals surface area contributed by atoms with E-state index >= 15 is 0 Å². The molecule has 0 aliphatic rings. The van der Waals surface area contributed by atoms with E-state index in [0.717, 1.165) is 31.0 Å². The van der Waals surface area contributed by atoms with Gasteiger partial charge in [0.05, 0.1) is 13.2 Å². The van der Waals surface area contributed by atoms with Crippen LogP contribution in [0.4, 0.5) is 0 Å². The van der Waals surface area contributed by atoms with E-state index in [-0.39, 0.29) is 11.5 Å². The van der Waals surface area contributed by atoms with Gasteiger partial charge in [0.1, 0.15) is 0 Å². The second-order valence-electron chi connectivity index (χ2n) is 7.87. The first kappa shape index (κ1) is 20.3. The predicted molar refractivity (Wildman–Crippen MR) is 109 cm³/mol. The van der Waals surface area contributed by atoms with Crippen molar-refractivity contribution in [2.75, 3.05) is 7.11 Å². The molecule has 2 rings (SSSR count). The highest BCUT2D eigenvalue weighted by Gasteiger charge is 2.13. The lowest BCUT2D eigenvalue weighted by molar-refractivity contribution is 0.207. The summed E-state index contributed by atoms with van der Waals surface area (Å²) in [4.78, 5) is 0. The molecule has 0 spiro atoms. The molecule has 0 heterocycles. The summed E-state index contributed by atoms with van der Waals surface area (Å²) < 4.78 is 11.4. The topological polar surface area (TPSA) is 30.5 Å². The molecular weight excluding hydrogens is 322 g/mol. The molecule has 0 bridgehead atoms. The Labute approximate surface area is 158 Å².